The molecule has 7 heteroatoms. The van der Waals surface area contributed by atoms with Gasteiger partial charge in [0.25, 0.3) is 10.0 Å². The molecule has 1 aliphatic heterocycles. The van der Waals surface area contributed by atoms with Crippen LogP contribution in [0.25, 0.3) is 0 Å². The number of benzene rings is 2. The third-order valence-electron chi connectivity index (χ3n) is 4.19. The predicted molar refractivity (Wildman–Crippen MR) is 96.7 cm³/mol. The summed E-state index contributed by atoms with van der Waals surface area (Å²) < 4.78 is 33.2. The van der Waals surface area contributed by atoms with Crippen molar-refractivity contribution in [1.29, 1.82) is 0 Å². The van der Waals surface area contributed by atoms with Crippen molar-refractivity contribution in [2.45, 2.75) is 25.2 Å². The summed E-state index contributed by atoms with van der Waals surface area (Å²) in [6, 6.07) is 10.1. The average Bonchev–Trinajstić information content (AvgIpc) is 2.88. The van der Waals surface area contributed by atoms with Crippen molar-refractivity contribution in [1.82, 2.24) is 0 Å². The number of methoxy groups -OCH3 is 1. The number of ether oxygens (including phenoxy) is 1. The Morgan fingerprint density at radius 2 is 1.96 bits per heavy atom. The summed E-state index contributed by atoms with van der Waals surface area (Å²) in [6.07, 6.45) is 0.284. The minimum Gasteiger partial charge on any atom is -0.495 e. The van der Waals surface area contributed by atoms with Crippen molar-refractivity contribution in [3.63, 3.8) is 0 Å². The van der Waals surface area contributed by atoms with Gasteiger partial charge >= 0.3 is 0 Å². The van der Waals surface area contributed by atoms with E-state index in [0.29, 0.717) is 12.2 Å². The largest absolute Gasteiger partial charge is 0.495 e. The molecule has 25 heavy (non-hydrogen) atoms. The van der Waals surface area contributed by atoms with Gasteiger partial charge in [-0.2, -0.15) is 0 Å². The Bertz CT molecular complexity index is 938. The summed E-state index contributed by atoms with van der Waals surface area (Å²) in [6.45, 7) is 4.32. The molecule has 6 nitrogen and oxygen atoms in total. The van der Waals surface area contributed by atoms with Crippen LogP contribution in [0, 0.1) is 6.92 Å². The van der Waals surface area contributed by atoms with Gasteiger partial charge in [0, 0.05) is 17.9 Å². The maximum atomic E-state index is 12.8. The molecule has 1 aliphatic rings. The first-order valence-electron chi connectivity index (χ1n) is 7.96. The van der Waals surface area contributed by atoms with Crippen molar-refractivity contribution in [3.8, 4) is 5.75 Å². The zero-order chi connectivity index (χ0) is 18.2. The molecule has 0 saturated heterocycles. The van der Waals surface area contributed by atoms with E-state index in [2.05, 4.69) is 4.72 Å². The number of nitrogens with zero attached hydrogens (tertiary/aromatic N) is 1. The van der Waals surface area contributed by atoms with Gasteiger partial charge in [-0.3, -0.25) is 9.52 Å². The summed E-state index contributed by atoms with van der Waals surface area (Å²) >= 11 is 0. The van der Waals surface area contributed by atoms with E-state index in [1.165, 1.54) is 7.11 Å². The quantitative estimate of drug-likeness (QED) is 0.889. The van der Waals surface area contributed by atoms with Crippen LogP contribution in [-0.2, 0) is 21.2 Å². The molecule has 1 N–H and O–H groups in total. The number of rotatable bonds is 5. The lowest BCUT2D eigenvalue weighted by Gasteiger charge is -2.16. The van der Waals surface area contributed by atoms with Crippen LogP contribution in [-0.4, -0.2) is 28.0 Å². The summed E-state index contributed by atoms with van der Waals surface area (Å²) in [4.78, 5) is 13.7. The first-order valence-corrected chi connectivity index (χ1v) is 9.44. The zero-order valence-corrected chi connectivity index (χ0v) is 15.2. The maximum absolute atomic E-state index is 12.8. The highest BCUT2D eigenvalue weighted by molar-refractivity contribution is 7.92. The van der Waals surface area contributed by atoms with Gasteiger partial charge in [0.2, 0.25) is 5.91 Å². The van der Waals surface area contributed by atoms with Crippen LogP contribution in [0.5, 0.6) is 5.75 Å². The topological polar surface area (TPSA) is 75.7 Å². The summed E-state index contributed by atoms with van der Waals surface area (Å²) in [5.41, 5.74) is 2.90. The number of amides is 1. The van der Waals surface area contributed by atoms with E-state index in [0.717, 1.165) is 16.8 Å². The molecule has 0 atom stereocenters. The Morgan fingerprint density at radius 1 is 1.20 bits per heavy atom. The molecule has 0 aromatic heterocycles. The monoisotopic (exact) mass is 360 g/mol. The van der Waals surface area contributed by atoms with Gasteiger partial charge in [0.15, 0.2) is 0 Å². The number of hydrogen-bond acceptors (Lipinski definition) is 4. The SMILES string of the molecule is CCN1C(=O)Cc2cc(NS(=O)(=O)c3cc(C)ccc3OC)ccc21. The van der Waals surface area contributed by atoms with Crippen LogP contribution in [0.3, 0.4) is 0 Å². The number of fused-ring (bicyclic) bond motifs is 1. The molecule has 3 rings (SSSR count). The molecule has 132 valence electrons. The zero-order valence-electron chi connectivity index (χ0n) is 14.4. The average molecular weight is 360 g/mol. The Kier molecular flexibility index (Phi) is 4.43. The smallest absolute Gasteiger partial charge is 0.265 e. The number of anilines is 2. The highest BCUT2D eigenvalue weighted by atomic mass is 32.2. The van der Waals surface area contributed by atoms with Crippen LogP contribution in [0.15, 0.2) is 41.3 Å². The van der Waals surface area contributed by atoms with E-state index in [1.807, 2.05) is 13.8 Å². The number of aryl methyl sites for hydroxylation is 1. The van der Waals surface area contributed by atoms with Crippen molar-refractivity contribution in [2.75, 3.05) is 23.3 Å². The molecule has 0 saturated carbocycles. The third kappa shape index (κ3) is 3.19. The van der Waals surface area contributed by atoms with Gasteiger partial charge in [-0.1, -0.05) is 6.07 Å². The molecule has 0 aliphatic carbocycles. The summed E-state index contributed by atoms with van der Waals surface area (Å²) in [5.74, 6) is 0.310. The summed E-state index contributed by atoms with van der Waals surface area (Å²) in [5, 5.41) is 0. The second-order valence-corrected chi connectivity index (χ2v) is 7.57. The Morgan fingerprint density at radius 3 is 2.64 bits per heavy atom. The van der Waals surface area contributed by atoms with Gasteiger partial charge in [-0.15, -0.1) is 0 Å². The van der Waals surface area contributed by atoms with Gasteiger partial charge in [-0.25, -0.2) is 8.42 Å². The molecule has 0 radical (unpaired) electrons. The van der Waals surface area contributed by atoms with E-state index in [-0.39, 0.29) is 23.0 Å². The Balaban J connectivity index is 1.94. The second kappa shape index (κ2) is 6.40. The van der Waals surface area contributed by atoms with Gasteiger partial charge < -0.3 is 9.64 Å². The van der Waals surface area contributed by atoms with Gasteiger partial charge in [0.1, 0.15) is 10.6 Å². The lowest BCUT2D eigenvalue weighted by Crippen LogP contribution is -2.25. The fourth-order valence-corrected chi connectivity index (χ4v) is 4.30. The van der Waals surface area contributed by atoms with E-state index < -0.39 is 10.0 Å². The highest BCUT2D eigenvalue weighted by Crippen LogP contribution is 2.32. The third-order valence-corrected chi connectivity index (χ3v) is 5.59. The van der Waals surface area contributed by atoms with E-state index in [9.17, 15) is 13.2 Å². The molecular formula is C18H20N2O4S. The number of carbonyl (C=O) groups excluding carboxylic acids is 1. The van der Waals surface area contributed by atoms with E-state index in [1.54, 1.807) is 41.3 Å². The number of likely N-dealkylation sites (N-methyl/N-ethyl adjacent to an activating group) is 1. The normalized spacial score (nSPS) is 13.7. The first-order chi connectivity index (χ1) is 11.9. The van der Waals surface area contributed by atoms with Crippen LogP contribution < -0.4 is 14.4 Å². The molecular weight excluding hydrogens is 340 g/mol. The predicted octanol–water partition coefficient (Wildman–Crippen LogP) is 2.71. The van der Waals surface area contributed by atoms with Crippen molar-refractivity contribution >= 4 is 27.3 Å². The minimum absolute atomic E-state index is 0.0258. The van der Waals surface area contributed by atoms with Crippen molar-refractivity contribution < 1.29 is 17.9 Å². The summed E-state index contributed by atoms with van der Waals surface area (Å²) in [7, 11) is -2.37. The second-order valence-electron chi connectivity index (χ2n) is 5.92. The van der Waals surface area contributed by atoms with Gasteiger partial charge in [0.05, 0.1) is 13.5 Å². The molecule has 2 aromatic carbocycles. The lowest BCUT2D eigenvalue weighted by molar-refractivity contribution is -0.117. The lowest BCUT2D eigenvalue weighted by atomic mass is 10.1. The van der Waals surface area contributed by atoms with Crippen molar-refractivity contribution in [2.24, 2.45) is 0 Å². The molecule has 2 aromatic rings. The standard InChI is InChI=1S/C18H20N2O4S/c1-4-20-15-7-6-14(10-13(15)11-18(20)21)19-25(22,23)17-9-12(2)5-8-16(17)24-3/h5-10,19H,4,11H2,1-3H3. The number of nitrogens with one attached hydrogen (secondary N) is 1. The minimum atomic E-state index is -3.80. The molecule has 0 bridgehead atoms. The highest BCUT2D eigenvalue weighted by Gasteiger charge is 2.27. The van der Waals surface area contributed by atoms with Crippen LogP contribution in [0.2, 0.25) is 0 Å². The molecule has 0 unspecified atom stereocenters. The van der Waals surface area contributed by atoms with Crippen molar-refractivity contribution in [3.05, 3.63) is 47.5 Å². The maximum Gasteiger partial charge on any atom is 0.265 e. The van der Waals surface area contributed by atoms with Crippen LogP contribution in [0.4, 0.5) is 11.4 Å². The Labute approximate surface area is 147 Å². The molecule has 0 fully saturated rings. The number of carbonyl (C=O) groups is 1. The molecule has 1 amide bonds. The van der Waals surface area contributed by atoms with Crippen LogP contribution >= 0.6 is 0 Å². The Hall–Kier alpha value is -2.54. The first kappa shape index (κ1) is 17.3. The fraction of sp³-hybridized carbons (Fsp3) is 0.278. The number of hydrogen-bond donors (Lipinski definition) is 1. The molecule has 0 spiro atoms. The van der Waals surface area contributed by atoms with E-state index in [4.69, 9.17) is 4.74 Å². The number of sulfonamides is 1. The van der Waals surface area contributed by atoms with Crippen LogP contribution in [0.1, 0.15) is 18.1 Å². The van der Waals surface area contributed by atoms with E-state index >= 15 is 0 Å². The molecule has 1 heterocycles. The fourth-order valence-electron chi connectivity index (χ4n) is 3.00. The van der Waals surface area contributed by atoms with Gasteiger partial charge in [-0.05, 0) is 55.3 Å².